The van der Waals surface area contributed by atoms with E-state index in [2.05, 4.69) is 17.3 Å². The van der Waals surface area contributed by atoms with Crippen LogP contribution >= 0.6 is 0 Å². The zero-order chi connectivity index (χ0) is 12.5. The first-order valence-corrected chi connectivity index (χ1v) is 6.02. The van der Waals surface area contributed by atoms with Crippen molar-refractivity contribution in [1.29, 1.82) is 0 Å². The SMILES string of the molecule is CNCc1cnn(CCOCCCOC)c1C. The summed E-state index contributed by atoms with van der Waals surface area (Å²) >= 11 is 0. The molecular weight excluding hydrogens is 218 g/mol. The maximum atomic E-state index is 5.51. The molecule has 0 aliphatic heterocycles. The maximum Gasteiger partial charge on any atom is 0.0662 e. The highest BCUT2D eigenvalue weighted by Crippen LogP contribution is 2.06. The van der Waals surface area contributed by atoms with Gasteiger partial charge < -0.3 is 14.8 Å². The van der Waals surface area contributed by atoms with Gasteiger partial charge in [0.2, 0.25) is 0 Å². The number of nitrogens with zero attached hydrogens (tertiary/aromatic N) is 2. The maximum absolute atomic E-state index is 5.51. The summed E-state index contributed by atoms with van der Waals surface area (Å²) in [5.41, 5.74) is 2.45. The van der Waals surface area contributed by atoms with E-state index in [1.165, 1.54) is 11.3 Å². The van der Waals surface area contributed by atoms with Gasteiger partial charge in [-0.2, -0.15) is 5.10 Å². The molecule has 0 unspecified atom stereocenters. The molecule has 0 fully saturated rings. The van der Waals surface area contributed by atoms with Crippen molar-refractivity contribution in [2.75, 3.05) is 34.0 Å². The van der Waals surface area contributed by atoms with Crippen molar-refractivity contribution in [3.05, 3.63) is 17.5 Å². The van der Waals surface area contributed by atoms with Gasteiger partial charge in [-0.15, -0.1) is 0 Å². The van der Waals surface area contributed by atoms with E-state index in [-0.39, 0.29) is 0 Å². The van der Waals surface area contributed by atoms with Crippen molar-refractivity contribution in [2.45, 2.75) is 26.4 Å². The summed E-state index contributed by atoms with van der Waals surface area (Å²) in [5.74, 6) is 0. The predicted molar refractivity (Wildman–Crippen MR) is 67.0 cm³/mol. The average molecular weight is 241 g/mol. The lowest BCUT2D eigenvalue weighted by atomic mass is 10.2. The minimum absolute atomic E-state index is 0.700. The van der Waals surface area contributed by atoms with Crippen LogP contribution in [0.1, 0.15) is 17.7 Å². The molecule has 5 nitrogen and oxygen atoms in total. The normalized spacial score (nSPS) is 11.0. The molecule has 1 aromatic rings. The summed E-state index contributed by atoms with van der Waals surface area (Å²) < 4.78 is 12.4. The van der Waals surface area contributed by atoms with E-state index in [9.17, 15) is 0 Å². The third kappa shape index (κ3) is 4.85. The van der Waals surface area contributed by atoms with Crippen molar-refractivity contribution < 1.29 is 9.47 Å². The molecule has 98 valence electrons. The van der Waals surface area contributed by atoms with Crippen molar-refractivity contribution in [1.82, 2.24) is 15.1 Å². The van der Waals surface area contributed by atoms with E-state index in [1.807, 2.05) is 17.9 Å². The smallest absolute Gasteiger partial charge is 0.0662 e. The minimum Gasteiger partial charge on any atom is -0.385 e. The van der Waals surface area contributed by atoms with Crippen LogP contribution in [0.15, 0.2) is 6.20 Å². The van der Waals surface area contributed by atoms with Gasteiger partial charge in [0.15, 0.2) is 0 Å². The summed E-state index contributed by atoms with van der Waals surface area (Å²) in [6.45, 7) is 5.96. The van der Waals surface area contributed by atoms with Crippen LogP contribution in [0, 0.1) is 6.92 Å². The topological polar surface area (TPSA) is 48.3 Å². The molecule has 1 aromatic heterocycles. The molecule has 1 rings (SSSR count). The van der Waals surface area contributed by atoms with Gasteiger partial charge in [0.1, 0.15) is 0 Å². The fraction of sp³-hybridized carbons (Fsp3) is 0.750. The molecule has 0 aliphatic carbocycles. The van der Waals surface area contributed by atoms with Gasteiger partial charge >= 0.3 is 0 Å². The second-order valence-corrected chi connectivity index (χ2v) is 3.97. The lowest BCUT2D eigenvalue weighted by Crippen LogP contribution is -2.11. The molecule has 0 spiro atoms. The third-order valence-corrected chi connectivity index (χ3v) is 2.66. The predicted octanol–water partition coefficient (Wildman–Crippen LogP) is 0.964. The van der Waals surface area contributed by atoms with Crippen LogP contribution in [-0.4, -0.2) is 43.8 Å². The Hall–Kier alpha value is -0.910. The first kappa shape index (κ1) is 14.2. The second kappa shape index (κ2) is 8.22. The van der Waals surface area contributed by atoms with Gasteiger partial charge in [0.05, 0.1) is 19.3 Å². The summed E-state index contributed by atoms with van der Waals surface area (Å²) in [5, 5.41) is 7.47. The molecule has 1 heterocycles. The Morgan fingerprint density at radius 1 is 1.35 bits per heavy atom. The highest BCUT2D eigenvalue weighted by molar-refractivity contribution is 5.15. The molecule has 0 aliphatic rings. The zero-order valence-corrected chi connectivity index (χ0v) is 11.0. The van der Waals surface area contributed by atoms with E-state index in [1.54, 1.807) is 7.11 Å². The minimum atomic E-state index is 0.700. The molecule has 5 heteroatoms. The van der Waals surface area contributed by atoms with Gasteiger partial charge in [-0.25, -0.2) is 0 Å². The van der Waals surface area contributed by atoms with Crippen LogP contribution in [0.2, 0.25) is 0 Å². The molecule has 0 amide bonds. The Balaban J connectivity index is 2.22. The number of ether oxygens (including phenoxy) is 2. The Morgan fingerprint density at radius 3 is 2.88 bits per heavy atom. The molecule has 0 radical (unpaired) electrons. The fourth-order valence-corrected chi connectivity index (χ4v) is 1.63. The lowest BCUT2D eigenvalue weighted by Gasteiger charge is -2.06. The van der Waals surface area contributed by atoms with Gasteiger partial charge in [-0.3, -0.25) is 4.68 Å². The Morgan fingerprint density at radius 2 is 2.18 bits per heavy atom. The lowest BCUT2D eigenvalue weighted by molar-refractivity contribution is 0.0958. The molecule has 0 saturated heterocycles. The Kier molecular flexibility index (Phi) is 6.84. The number of aromatic nitrogens is 2. The van der Waals surface area contributed by atoms with Crippen molar-refractivity contribution in [3.8, 4) is 0 Å². The fourth-order valence-electron chi connectivity index (χ4n) is 1.63. The van der Waals surface area contributed by atoms with Gasteiger partial charge in [0.25, 0.3) is 0 Å². The monoisotopic (exact) mass is 241 g/mol. The highest BCUT2D eigenvalue weighted by atomic mass is 16.5. The molecule has 0 saturated carbocycles. The average Bonchev–Trinajstić information content (AvgIpc) is 2.67. The van der Waals surface area contributed by atoms with Crippen molar-refractivity contribution in [2.24, 2.45) is 0 Å². The summed E-state index contributed by atoms with van der Waals surface area (Å²) in [6.07, 6.45) is 2.86. The summed E-state index contributed by atoms with van der Waals surface area (Å²) in [4.78, 5) is 0. The van der Waals surface area contributed by atoms with Crippen LogP contribution in [0.3, 0.4) is 0 Å². The van der Waals surface area contributed by atoms with E-state index in [0.717, 1.165) is 32.7 Å². The number of hydrogen-bond acceptors (Lipinski definition) is 4. The molecular formula is C12H23N3O2. The van der Waals surface area contributed by atoms with E-state index >= 15 is 0 Å². The second-order valence-electron chi connectivity index (χ2n) is 3.97. The van der Waals surface area contributed by atoms with Crippen molar-refractivity contribution in [3.63, 3.8) is 0 Å². The van der Waals surface area contributed by atoms with Gasteiger partial charge in [-0.1, -0.05) is 0 Å². The third-order valence-electron chi connectivity index (χ3n) is 2.66. The van der Waals surface area contributed by atoms with Crippen molar-refractivity contribution >= 4 is 0 Å². The first-order valence-electron chi connectivity index (χ1n) is 6.02. The van der Waals surface area contributed by atoms with Crippen LogP contribution < -0.4 is 5.32 Å². The van der Waals surface area contributed by atoms with Gasteiger partial charge in [0, 0.05) is 38.1 Å². The first-order chi connectivity index (χ1) is 8.29. The van der Waals surface area contributed by atoms with E-state index in [4.69, 9.17) is 9.47 Å². The molecule has 1 N–H and O–H groups in total. The van der Waals surface area contributed by atoms with Crippen LogP contribution in [0.4, 0.5) is 0 Å². The number of hydrogen-bond donors (Lipinski definition) is 1. The van der Waals surface area contributed by atoms with Crippen LogP contribution in [0.25, 0.3) is 0 Å². The Bertz CT molecular complexity index is 313. The molecule has 0 atom stereocenters. The Labute approximate surface area is 103 Å². The van der Waals surface area contributed by atoms with E-state index < -0.39 is 0 Å². The quantitative estimate of drug-likeness (QED) is 0.654. The van der Waals surface area contributed by atoms with Gasteiger partial charge in [-0.05, 0) is 20.4 Å². The molecule has 0 aromatic carbocycles. The summed E-state index contributed by atoms with van der Waals surface area (Å²) in [6, 6.07) is 0. The number of methoxy groups -OCH3 is 1. The number of nitrogens with one attached hydrogen (secondary N) is 1. The summed E-state index contributed by atoms with van der Waals surface area (Å²) in [7, 11) is 3.64. The van der Waals surface area contributed by atoms with Crippen LogP contribution in [-0.2, 0) is 22.6 Å². The largest absolute Gasteiger partial charge is 0.385 e. The number of rotatable bonds is 9. The van der Waals surface area contributed by atoms with Crippen LogP contribution in [0.5, 0.6) is 0 Å². The standard InChI is InChI=1S/C12H23N3O2/c1-11-12(9-13-2)10-14-15(11)5-8-17-7-4-6-16-3/h10,13H,4-9H2,1-3H3. The highest BCUT2D eigenvalue weighted by Gasteiger charge is 2.04. The van der Waals surface area contributed by atoms with E-state index in [0.29, 0.717) is 6.61 Å². The zero-order valence-electron chi connectivity index (χ0n) is 11.0. The molecule has 17 heavy (non-hydrogen) atoms. The molecule has 0 bridgehead atoms.